The van der Waals surface area contributed by atoms with Crippen LogP contribution in [-0.4, -0.2) is 17.3 Å². The first kappa shape index (κ1) is 16.4. The molecule has 2 aromatic rings. The third-order valence-corrected chi connectivity index (χ3v) is 4.21. The van der Waals surface area contributed by atoms with Gasteiger partial charge in [0.25, 0.3) is 0 Å². The fourth-order valence-corrected chi connectivity index (χ4v) is 2.51. The van der Waals surface area contributed by atoms with Gasteiger partial charge in [0.1, 0.15) is 11.9 Å². The van der Waals surface area contributed by atoms with E-state index in [2.05, 4.69) is 0 Å². The lowest BCUT2D eigenvalue weighted by Crippen LogP contribution is -2.30. The maximum absolute atomic E-state index is 10.3. The van der Waals surface area contributed by atoms with Crippen LogP contribution in [0.2, 0.25) is 15.1 Å². The van der Waals surface area contributed by atoms with E-state index in [1.54, 1.807) is 43.3 Å². The van der Waals surface area contributed by atoms with Gasteiger partial charge in [-0.05, 0) is 36.8 Å². The molecule has 0 aliphatic rings. The third kappa shape index (κ3) is 4.52. The van der Waals surface area contributed by atoms with E-state index in [1.165, 1.54) is 0 Å². The Labute approximate surface area is 139 Å². The van der Waals surface area contributed by atoms with Crippen molar-refractivity contribution in [2.24, 2.45) is 0 Å². The lowest BCUT2D eigenvalue weighted by molar-refractivity contribution is 0.0479. The van der Waals surface area contributed by atoms with Gasteiger partial charge in [0.05, 0.1) is 16.1 Å². The molecule has 21 heavy (non-hydrogen) atoms. The van der Waals surface area contributed by atoms with E-state index in [9.17, 15) is 5.11 Å². The number of hydrogen-bond acceptors (Lipinski definition) is 2. The molecule has 0 aliphatic carbocycles. The maximum atomic E-state index is 10.3. The van der Waals surface area contributed by atoms with Crippen LogP contribution >= 0.6 is 34.8 Å². The van der Waals surface area contributed by atoms with Crippen LogP contribution in [0.25, 0.3) is 0 Å². The van der Waals surface area contributed by atoms with Crippen LogP contribution in [0.5, 0.6) is 5.75 Å². The molecule has 0 aromatic heterocycles. The zero-order valence-corrected chi connectivity index (χ0v) is 13.7. The summed E-state index contributed by atoms with van der Waals surface area (Å²) >= 11 is 18.0. The van der Waals surface area contributed by atoms with Gasteiger partial charge in [0.2, 0.25) is 0 Å². The lowest BCUT2D eigenvalue weighted by atomic mass is 10.0. The molecule has 1 N–H and O–H groups in total. The van der Waals surface area contributed by atoms with Crippen LogP contribution < -0.4 is 4.74 Å². The van der Waals surface area contributed by atoms with Crippen molar-refractivity contribution in [3.8, 4) is 5.75 Å². The fourth-order valence-electron chi connectivity index (χ4n) is 1.93. The monoisotopic (exact) mass is 344 g/mol. The number of ether oxygens (including phenoxy) is 1. The maximum Gasteiger partial charge on any atom is 0.122 e. The van der Waals surface area contributed by atoms with Gasteiger partial charge in [0.15, 0.2) is 0 Å². The van der Waals surface area contributed by atoms with Gasteiger partial charge in [-0.1, -0.05) is 53.0 Å². The minimum atomic E-state index is -0.708. The van der Waals surface area contributed by atoms with Gasteiger partial charge in [-0.2, -0.15) is 0 Å². The van der Waals surface area contributed by atoms with Crippen molar-refractivity contribution in [2.45, 2.75) is 25.6 Å². The number of halogens is 3. The summed E-state index contributed by atoms with van der Waals surface area (Å²) in [5, 5.41) is 11.8. The first-order valence-electron chi connectivity index (χ1n) is 6.50. The highest BCUT2D eigenvalue weighted by atomic mass is 35.5. The summed E-state index contributed by atoms with van der Waals surface area (Å²) in [5.74, 6) is 0.617. The van der Waals surface area contributed by atoms with Crippen molar-refractivity contribution >= 4 is 34.8 Å². The molecule has 5 heteroatoms. The first-order chi connectivity index (χ1) is 9.97. The molecule has 0 heterocycles. The molecular weight excluding hydrogens is 331 g/mol. The van der Waals surface area contributed by atoms with Crippen LogP contribution in [-0.2, 0) is 6.42 Å². The molecule has 2 aromatic carbocycles. The molecule has 0 spiro atoms. The molecule has 2 unspecified atom stereocenters. The summed E-state index contributed by atoms with van der Waals surface area (Å²) in [6.45, 7) is 1.80. The largest absolute Gasteiger partial charge is 0.488 e. The van der Waals surface area contributed by atoms with Crippen LogP contribution in [0, 0.1) is 0 Å². The Balaban J connectivity index is 2.02. The average Bonchev–Trinajstić information content (AvgIpc) is 2.44. The molecule has 0 amide bonds. The molecular formula is C16H15Cl3O2. The van der Waals surface area contributed by atoms with Gasteiger partial charge in [-0.15, -0.1) is 0 Å². The second-order valence-electron chi connectivity index (χ2n) is 4.76. The number of hydrogen-bond donors (Lipinski definition) is 1. The third-order valence-electron chi connectivity index (χ3n) is 3.12. The zero-order valence-electron chi connectivity index (χ0n) is 11.4. The zero-order chi connectivity index (χ0) is 15.4. The fraction of sp³-hybridized carbons (Fsp3) is 0.250. The summed E-state index contributed by atoms with van der Waals surface area (Å²) < 4.78 is 5.69. The van der Waals surface area contributed by atoms with E-state index in [0.717, 1.165) is 5.56 Å². The molecule has 112 valence electrons. The number of benzene rings is 2. The summed E-state index contributed by atoms with van der Waals surface area (Å²) in [7, 11) is 0. The summed E-state index contributed by atoms with van der Waals surface area (Å²) in [6, 6.07) is 12.4. The standard InChI is InChI=1S/C16H15Cl3O2/c1-10(21-13-6-3-5-12(17)9-13)15(20)8-11-4-2-7-14(18)16(11)19/h2-7,9-10,15,20H,8H2,1H3. The van der Waals surface area contributed by atoms with Gasteiger partial charge in [-0.25, -0.2) is 0 Å². The molecule has 2 nitrogen and oxygen atoms in total. The van der Waals surface area contributed by atoms with E-state index in [1.807, 2.05) is 6.07 Å². The van der Waals surface area contributed by atoms with Crippen molar-refractivity contribution in [2.75, 3.05) is 0 Å². The second kappa shape index (κ2) is 7.37. The Morgan fingerprint density at radius 1 is 1.10 bits per heavy atom. The van der Waals surface area contributed by atoms with Gasteiger partial charge in [-0.3, -0.25) is 0 Å². The molecule has 0 fully saturated rings. The van der Waals surface area contributed by atoms with Crippen molar-refractivity contribution in [3.05, 3.63) is 63.1 Å². The van der Waals surface area contributed by atoms with E-state index in [4.69, 9.17) is 39.5 Å². The highest BCUT2D eigenvalue weighted by Crippen LogP contribution is 2.27. The molecule has 0 aliphatic heterocycles. The van der Waals surface area contributed by atoms with E-state index >= 15 is 0 Å². The number of aliphatic hydroxyl groups is 1. The molecule has 2 atom stereocenters. The number of aliphatic hydroxyl groups excluding tert-OH is 1. The SMILES string of the molecule is CC(Oc1cccc(Cl)c1)C(O)Cc1cccc(Cl)c1Cl. The van der Waals surface area contributed by atoms with E-state index in [0.29, 0.717) is 27.2 Å². The minimum absolute atomic E-state index is 0.362. The summed E-state index contributed by atoms with van der Waals surface area (Å²) in [6.07, 6.45) is -0.750. The topological polar surface area (TPSA) is 29.5 Å². The average molecular weight is 346 g/mol. The molecule has 0 radical (unpaired) electrons. The Bertz CT molecular complexity index is 616. The highest BCUT2D eigenvalue weighted by Gasteiger charge is 2.18. The Morgan fingerprint density at radius 2 is 1.81 bits per heavy atom. The molecule has 2 rings (SSSR count). The Hall–Kier alpha value is -0.930. The van der Waals surface area contributed by atoms with Crippen molar-refractivity contribution in [1.29, 1.82) is 0 Å². The quantitative estimate of drug-likeness (QED) is 0.824. The molecule has 0 bridgehead atoms. The predicted octanol–water partition coefficient (Wildman–Crippen LogP) is 5.02. The Kier molecular flexibility index (Phi) is 5.77. The van der Waals surface area contributed by atoms with Crippen LogP contribution in [0.1, 0.15) is 12.5 Å². The lowest BCUT2D eigenvalue weighted by Gasteiger charge is -2.21. The minimum Gasteiger partial charge on any atom is -0.488 e. The van der Waals surface area contributed by atoms with Gasteiger partial charge in [0, 0.05) is 11.4 Å². The molecule has 0 saturated heterocycles. The van der Waals surface area contributed by atoms with Crippen molar-refractivity contribution in [3.63, 3.8) is 0 Å². The highest BCUT2D eigenvalue weighted by molar-refractivity contribution is 6.42. The van der Waals surface area contributed by atoms with Crippen LogP contribution in [0.15, 0.2) is 42.5 Å². The smallest absolute Gasteiger partial charge is 0.122 e. The first-order valence-corrected chi connectivity index (χ1v) is 7.64. The van der Waals surface area contributed by atoms with Gasteiger partial charge < -0.3 is 9.84 Å². The normalized spacial score (nSPS) is 13.8. The molecule has 0 saturated carbocycles. The van der Waals surface area contributed by atoms with Gasteiger partial charge >= 0.3 is 0 Å². The second-order valence-corrected chi connectivity index (χ2v) is 5.99. The van der Waals surface area contributed by atoms with Crippen molar-refractivity contribution in [1.82, 2.24) is 0 Å². The Morgan fingerprint density at radius 3 is 2.52 bits per heavy atom. The van der Waals surface area contributed by atoms with Crippen LogP contribution in [0.4, 0.5) is 0 Å². The van der Waals surface area contributed by atoms with Crippen molar-refractivity contribution < 1.29 is 9.84 Å². The summed E-state index contributed by atoms with van der Waals surface area (Å²) in [4.78, 5) is 0. The van der Waals surface area contributed by atoms with Crippen LogP contribution in [0.3, 0.4) is 0 Å². The number of rotatable bonds is 5. The van der Waals surface area contributed by atoms with E-state index < -0.39 is 12.2 Å². The predicted molar refractivity (Wildman–Crippen MR) is 87.7 cm³/mol. The van der Waals surface area contributed by atoms with E-state index in [-0.39, 0.29) is 0 Å². The summed E-state index contributed by atoms with van der Waals surface area (Å²) in [5.41, 5.74) is 0.790.